The lowest BCUT2D eigenvalue weighted by atomic mass is 10.0. The lowest BCUT2D eigenvalue weighted by molar-refractivity contribution is -0.134. The Bertz CT molecular complexity index is 770. The van der Waals surface area contributed by atoms with Gasteiger partial charge in [0.2, 0.25) is 0 Å². The Labute approximate surface area is 154 Å². The molecule has 136 valence electrons. The Morgan fingerprint density at radius 1 is 1.23 bits per heavy atom. The number of methoxy groups -OCH3 is 1. The third-order valence-electron chi connectivity index (χ3n) is 4.92. The molecule has 4 heteroatoms. The number of hydrogen-bond acceptors (Lipinski definition) is 3. The van der Waals surface area contributed by atoms with Crippen molar-refractivity contribution in [3.05, 3.63) is 77.1 Å². The van der Waals surface area contributed by atoms with Crippen molar-refractivity contribution < 1.29 is 13.9 Å². The first-order valence-corrected chi connectivity index (χ1v) is 9.01. The van der Waals surface area contributed by atoms with E-state index in [1.54, 1.807) is 12.1 Å². The average Bonchev–Trinajstić information content (AvgIpc) is 3.14. The first-order chi connectivity index (χ1) is 12.7. The molecule has 1 unspecified atom stereocenters. The van der Waals surface area contributed by atoms with Gasteiger partial charge in [-0.05, 0) is 54.6 Å². The first-order valence-electron chi connectivity index (χ1n) is 9.01. The molecule has 3 nitrogen and oxygen atoms in total. The average molecular weight is 353 g/mol. The summed E-state index contributed by atoms with van der Waals surface area (Å²) in [5.41, 5.74) is 3.02. The van der Waals surface area contributed by atoms with Gasteiger partial charge in [0.1, 0.15) is 5.82 Å². The van der Waals surface area contributed by atoms with Crippen LogP contribution in [0.3, 0.4) is 0 Å². The van der Waals surface area contributed by atoms with E-state index in [1.807, 2.05) is 24.3 Å². The van der Waals surface area contributed by atoms with Gasteiger partial charge in [0.05, 0.1) is 7.11 Å². The number of nitrogens with zero attached hydrogens (tertiary/aromatic N) is 1. The van der Waals surface area contributed by atoms with Crippen molar-refractivity contribution in [1.82, 2.24) is 4.90 Å². The van der Waals surface area contributed by atoms with Crippen LogP contribution in [0.4, 0.5) is 4.39 Å². The SMILES string of the molecule is COC(=O)/C=C/c1ccc(C2CCCN2CCc2ccccc2F)cc1. The van der Waals surface area contributed by atoms with Crippen molar-refractivity contribution in [2.24, 2.45) is 0 Å². The molecule has 1 saturated heterocycles. The van der Waals surface area contributed by atoms with Crippen LogP contribution in [-0.4, -0.2) is 31.1 Å². The van der Waals surface area contributed by atoms with Gasteiger partial charge in [0.15, 0.2) is 0 Å². The van der Waals surface area contributed by atoms with Crippen LogP contribution in [0.5, 0.6) is 0 Å². The molecular weight excluding hydrogens is 329 g/mol. The Balaban J connectivity index is 1.63. The van der Waals surface area contributed by atoms with Crippen molar-refractivity contribution in [2.75, 3.05) is 20.2 Å². The molecule has 0 aliphatic carbocycles. The van der Waals surface area contributed by atoms with Gasteiger partial charge in [0, 0.05) is 18.7 Å². The maximum Gasteiger partial charge on any atom is 0.330 e. The molecule has 0 saturated carbocycles. The minimum absolute atomic E-state index is 0.120. The van der Waals surface area contributed by atoms with Crippen molar-refractivity contribution in [1.29, 1.82) is 0 Å². The fourth-order valence-electron chi connectivity index (χ4n) is 3.50. The van der Waals surface area contributed by atoms with Gasteiger partial charge in [0.25, 0.3) is 0 Å². The fraction of sp³-hybridized carbons (Fsp3) is 0.318. The molecule has 26 heavy (non-hydrogen) atoms. The third kappa shape index (κ3) is 4.58. The maximum absolute atomic E-state index is 13.8. The molecule has 0 aromatic heterocycles. The molecular formula is C22H24FNO2. The van der Waals surface area contributed by atoms with E-state index in [1.165, 1.54) is 24.8 Å². The van der Waals surface area contributed by atoms with E-state index in [-0.39, 0.29) is 11.8 Å². The molecule has 1 aliphatic heterocycles. The third-order valence-corrected chi connectivity index (χ3v) is 4.92. The van der Waals surface area contributed by atoms with Crippen LogP contribution >= 0.6 is 0 Å². The van der Waals surface area contributed by atoms with Crippen LogP contribution in [-0.2, 0) is 16.0 Å². The van der Waals surface area contributed by atoms with Crippen LogP contribution in [0.2, 0.25) is 0 Å². The molecule has 0 N–H and O–H groups in total. The van der Waals surface area contributed by atoms with Gasteiger partial charge in [-0.1, -0.05) is 42.5 Å². The molecule has 1 aliphatic rings. The van der Waals surface area contributed by atoms with E-state index in [4.69, 9.17) is 0 Å². The zero-order valence-corrected chi connectivity index (χ0v) is 15.0. The van der Waals surface area contributed by atoms with Crippen molar-refractivity contribution >= 4 is 12.0 Å². The van der Waals surface area contributed by atoms with E-state index in [0.717, 1.165) is 43.5 Å². The molecule has 0 amide bonds. The van der Waals surface area contributed by atoms with Crippen LogP contribution in [0.25, 0.3) is 6.08 Å². The number of ether oxygens (including phenoxy) is 1. The number of esters is 1. The summed E-state index contributed by atoms with van der Waals surface area (Å²) in [7, 11) is 1.37. The predicted octanol–water partition coefficient (Wildman–Crippen LogP) is 4.39. The van der Waals surface area contributed by atoms with E-state index in [0.29, 0.717) is 6.04 Å². The largest absolute Gasteiger partial charge is 0.466 e. The van der Waals surface area contributed by atoms with Gasteiger partial charge in [-0.25, -0.2) is 9.18 Å². The van der Waals surface area contributed by atoms with Gasteiger partial charge >= 0.3 is 5.97 Å². The number of benzene rings is 2. The Kier molecular flexibility index (Phi) is 6.18. The van der Waals surface area contributed by atoms with Gasteiger partial charge in [-0.15, -0.1) is 0 Å². The standard InChI is InChI=1S/C22H24FNO2/c1-26-22(25)13-10-17-8-11-19(12-9-17)21-7-4-15-24(21)16-14-18-5-2-3-6-20(18)23/h2-3,5-6,8-13,21H,4,7,14-16H2,1H3/b13-10+. The summed E-state index contributed by atoms with van der Waals surface area (Å²) in [5.74, 6) is -0.478. The maximum atomic E-state index is 13.8. The van der Waals surface area contributed by atoms with Crippen LogP contribution < -0.4 is 0 Å². The summed E-state index contributed by atoms with van der Waals surface area (Å²) in [4.78, 5) is 13.6. The topological polar surface area (TPSA) is 29.5 Å². The lowest BCUT2D eigenvalue weighted by Crippen LogP contribution is -2.26. The fourth-order valence-corrected chi connectivity index (χ4v) is 3.50. The molecule has 0 spiro atoms. The summed E-state index contributed by atoms with van der Waals surface area (Å²) in [6.45, 7) is 1.90. The highest BCUT2D eigenvalue weighted by atomic mass is 19.1. The molecule has 2 aromatic carbocycles. The Morgan fingerprint density at radius 2 is 2.00 bits per heavy atom. The molecule has 0 radical (unpaired) electrons. The summed E-state index contributed by atoms with van der Waals surface area (Å²) < 4.78 is 18.4. The van der Waals surface area contributed by atoms with E-state index >= 15 is 0 Å². The second kappa shape index (κ2) is 8.77. The number of carbonyl (C=O) groups is 1. The number of carbonyl (C=O) groups excluding carboxylic acids is 1. The van der Waals surface area contributed by atoms with Gasteiger partial charge in [-0.2, -0.15) is 0 Å². The monoisotopic (exact) mass is 353 g/mol. The van der Waals surface area contributed by atoms with Crippen molar-refractivity contribution in [3.63, 3.8) is 0 Å². The van der Waals surface area contributed by atoms with Crippen LogP contribution in [0, 0.1) is 5.82 Å². The molecule has 2 aromatic rings. The smallest absolute Gasteiger partial charge is 0.330 e. The van der Waals surface area contributed by atoms with E-state index in [9.17, 15) is 9.18 Å². The van der Waals surface area contributed by atoms with E-state index in [2.05, 4.69) is 21.8 Å². The molecule has 1 fully saturated rings. The second-order valence-corrected chi connectivity index (χ2v) is 6.56. The predicted molar refractivity (Wildman–Crippen MR) is 101 cm³/mol. The summed E-state index contributed by atoms with van der Waals surface area (Å²) in [6.07, 6.45) is 6.18. The Hall–Kier alpha value is -2.46. The summed E-state index contributed by atoms with van der Waals surface area (Å²) in [6, 6.07) is 15.6. The Morgan fingerprint density at radius 3 is 2.73 bits per heavy atom. The van der Waals surface area contributed by atoms with E-state index < -0.39 is 0 Å². The second-order valence-electron chi connectivity index (χ2n) is 6.56. The number of likely N-dealkylation sites (tertiary alicyclic amines) is 1. The molecule has 0 bridgehead atoms. The van der Waals surface area contributed by atoms with Crippen molar-refractivity contribution in [3.8, 4) is 0 Å². The summed E-state index contributed by atoms with van der Waals surface area (Å²) >= 11 is 0. The normalized spacial score (nSPS) is 17.7. The number of hydrogen-bond donors (Lipinski definition) is 0. The van der Waals surface area contributed by atoms with Gasteiger partial charge in [-0.3, -0.25) is 4.90 Å². The van der Waals surface area contributed by atoms with Crippen LogP contribution in [0.1, 0.15) is 35.6 Å². The zero-order chi connectivity index (χ0) is 18.4. The summed E-state index contributed by atoms with van der Waals surface area (Å²) in [5, 5.41) is 0. The minimum atomic E-state index is -0.357. The highest BCUT2D eigenvalue weighted by Gasteiger charge is 2.25. The quantitative estimate of drug-likeness (QED) is 0.570. The molecule has 3 rings (SSSR count). The first kappa shape index (κ1) is 18.3. The number of rotatable bonds is 6. The highest BCUT2D eigenvalue weighted by Crippen LogP contribution is 2.32. The molecule has 1 heterocycles. The minimum Gasteiger partial charge on any atom is -0.466 e. The number of halogens is 1. The molecule has 1 atom stereocenters. The van der Waals surface area contributed by atoms with Gasteiger partial charge < -0.3 is 4.74 Å². The van der Waals surface area contributed by atoms with Crippen LogP contribution in [0.15, 0.2) is 54.6 Å². The lowest BCUT2D eigenvalue weighted by Gasteiger charge is -2.25. The van der Waals surface area contributed by atoms with Crippen molar-refractivity contribution in [2.45, 2.75) is 25.3 Å². The zero-order valence-electron chi connectivity index (χ0n) is 15.0. The highest BCUT2D eigenvalue weighted by molar-refractivity contribution is 5.86.